The third-order valence-electron chi connectivity index (χ3n) is 3.15. The quantitative estimate of drug-likeness (QED) is 0.778. The van der Waals surface area contributed by atoms with Crippen molar-refractivity contribution in [1.29, 1.82) is 0 Å². The van der Waals surface area contributed by atoms with Crippen LogP contribution in [-0.2, 0) is 4.79 Å². The van der Waals surface area contributed by atoms with Crippen LogP contribution in [0, 0.1) is 5.92 Å². The van der Waals surface area contributed by atoms with Crippen LogP contribution < -0.4 is 0 Å². The first-order valence-corrected chi connectivity index (χ1v) is 5.92. The Morgan fingerprint density at radius 2 is 1.88 bits per heavy atom. The number of aliphatic carboxylic acids is 1. The third kappa shape index (κ3) is 2.87. The largest absolute Gasteiger partial charge is 0.480 e. The molecule has 1 N–H and O–H groups in total. The molecule has 1 aliphatic heterocycles. The fourth-order valence-electron chi connectivity index (χ4n) is 2.09. The van der Waals surface area contributed by atoms with E-state index in [2.05, 4.69) is 0 Å². The van der Waals surface area contributed by atoms with Crippen LogP contribution >= 0.6 is 0 Å². The van der Waals surface area contributed by atoms with Crippen molar-refractivity contribution >= 4 is 12.0 Å². The number of carboxylic acids is 1. The molecule has 1 heterocycles. The van der Waals surface area contributed by atoms with E-state index in [0.717, 1.165) is 38.8 Å². The highest BCUT2D eigenvalue weighted by molar-refractivity contribution is 5.80. The molecular formula is C11H18N2O3. The van der Waals surface area contributed by atoms with Crippen LogP contribution in [0.15, 0.2) is 0 Å². The molecule has 0 spiro atoms. The Hall–Kier alpha value is -1.26. The summed E-state index contributed by atoms with van der Waals surface area (Å²) in [6.07, 6.45) is 4.33. The fraction of sp³-hybridized carbons (Fsp3) is 0.818. The highest BCUT2D eigenvalue weighted by atomic mass is 16.4. The summed E-state index contributed by atoms with van der Waals surface area (Å²) >= 11 is 0. The molecule has 1 saturated carbocycles. The monoisotopic (exact) mass is 226 g/mol. The molecule has 0 unspecified atom stereocenters. The van der Waals surface area contributed by atoms with Crippen molar-refractivity contribution in [3.8, 4) is 0 Å². The third-order valence-corrected chi connectivity index (χ3v) is 3.15. The average molecular weight is 226 g/mol. The summed E-state index contributed by atoms with van der Waals surface area (Å²) in [5, 5.41) is 8.80. The van der Waals surface area contributed by atoms with Crippen LogP contribution in [0.25, 0.3) is 0 Å². The van der Waals surface area contributed by atoms with E-state index in [1.807, 2.05) is 0 Å². The molecule has 0 radical (unpaired) electrons. The molecular weight excluding hydrogens is 208 g/mol. The molecule has 0 aromatic rings. The molecule has 2 aliphatic rings. The average Bonchev–Trinajstić information content (AvgIpc) is 2.88. The van der Waals surface area contributed by atoms with E-state index in [4.69, 9.17) is 5.11 Å². The van der Waals surface area contributed by atoms with E-state index < -0.39 is 5.97 Å². The van der Waals surface area contributed by atoms with Gasteiger partial charge in [0.25, 0.3) is 0 Å². The maximum absolute atomic E-state index is 12.0. The molecule has 2 amide bonds. The number of amides is 2. The van der Waals surface area contributed by atoms with Gasteiger partial charge in [-0.05, 0) is 31.6 Å². The number of urea groups is 1. The molecule has 5 heteroatoms. The van der Waals surface area contributed by atoms with Crippen molar-refractivity contribution in [1.82, 2.24) is 9.80 Å². The van der Waals surface area contributed by atoms with Crippen LogP contribution in [0.5, 0.6) is 0 Å². The first kappa shape index (κ1) is 11.2. The molecule has 0 aromatic carbocycles. The fourth-order valence-corrected chi connectivity index (χ4v) is 2.09. The van der Waals surface area contributed by atoms with Crippen molar-refractivity contribution < 1.29 is 14.7 Å². The molecule has 2 fully saturated rings. The van der Waals surface area contributed by atoms with Crippen LogP contribution in [0.4, 0.5) is 4.79 Å². The van der Waals surface area contributed by atoms with Crippen molar-refractivity contribution in [2.24, 2.45) is 5.92 Å². The molecule has 1 aliphatic carbocycles. The summed E-state index contributed by atoms with van der Waals surface area (Å²) in [7, 11) is 0. The van der Waals surface area contributed by atoms with Crippen LogP contribution in [0.1, 0.15) is 25.7 Å². The summed E-state index contributed by atoms with van der Waals surface area (Å²) in [4.78, 5) is 26.0. The lowest BCUT2D eigenvalue weighted by Gasteiger charge is -2.26. The van der Waals surface area contributed by atoms with Gasteiger partial charge in [0.05, 0.1) is 0 Å². The van der Waals surface area contributed by atoms with E-state index in [0.29, 0.717) is 12.5 Å². The van der Waals surface area contributed by atoms with Crippen molar-refractivity contribution in [3.63, 3.8) is 0 Å². The van der Waals surface area contributed by atoms with Gasteiger partial charge in [0.2, 0.25) is 0 Å². The van der Waals surface area contributed by atoms with Gasteiger partial charge in [0, 0.05) is 19.6 Å². The van der Waals surface area contributed by atoms with Crippen molar-refractivity contribution in [2.45, 2.75) is 25.7 Å². The Labute approximate surface area is 95.0 Å². The highest BCUT2D eigenvalue weighted by Gasteiger charge is 2.30. The van der Waals surface area contributed by atoms with Gasteiger partial charge in [-0.3, -0.25) is 4.79 Å². The molecule has 0 atom stereocenters. The summed E-state index contributed by atoms with van der Waals surface area (Å²) in [6, 6.07) is -0.0909. The second-order valence-electron chi connectivity index (χ2n) is 4.69. The first-order valence-electron chi connectivity index (χ1n) is 5.92. The number of likely N-dealkylation sites (tertiary alicyclic amines) is 1. The standard InChI is InChI=1S/C11H18N2O3/c14-10(15)8-13(7-9-3-4-9)11(16)12-5-1-2-6-12/h9H,1-8H2,(H,14,15). The maximum atomic E-state index is 12.0. The number of carboxylic acid groups (broad SMARTS) is 1. The van der Waals surface area contributed by atoms with Crippen molar-refractivity contribution in [3.05, 3.63) is 0 Å². The summed E-state index contributed by atoms with van der Waals surface area (Å²) < 4.78 is 0. The molecule has 0 aromatic heterocycles. The minimum absolute atomic E-state index is 0.0909. The lowest BCUT2D eigenvalue weighted by atomic mass is 10.3. The van der Waals surface area contributed by atoms with Crippen LogP contribution in [-0.4, -0.2) is 53.1 Å². The van der Waals surface area contributed by atoms with Crippen LogP contribution in [0.3, 0.4) is 0 Å². The molecule has 1 saturated heterocycles. The first-order chi connectivity index (χ1) is 7.66. The van der Waals surface area contributed by atoms with Crippen LogP contribution in [0.2, 0.25) is 0 Å². The smallest absolute Gasteiger partial charge is 0.323 e. The Morgan fingerprint density at radius 1 is 1.25 bits per heavy atom. The van der Waals surface area contributed by atoms with Gasteiger partial charge in [0.15, 0.2) is 0 Å². The zero-order valence-electron chi connectivity index (χ0n) is 9.39. The Morgan fingerprint density at radius 3 is 2.38 bits per heavy atom. The van der Waals surface area contributed by atoms with Gasteiger partial charge < -0.3 is 14.9 Å². The Kier molecular flexibility index (Phi) is 3.31. The Balaban J connectivity index is 1.92. The number of carbonyl (C=O) groups excluding carboxylic acids is 1. The molecule has 2 rings (SSSR count). The van der Waals surface area contributed by atoms with E-state index in [1.54, 1.807) is 4.90 Å². The maximum Gasteiger partial charge on any atom is 0.323 e. The summed E-state index contributed by atoms with van der Waals surface area (Å²) in [5.74, 6) is -0.390. The second-order valence-corrected chi connectivity index (χ2v) is 4.69. The van der Waals surface area contributed by atoms with Gasteiger partial charge in [-0.1, -0.05) is 0 Å². The van der Waals surface area contributed by atoms with E-state index >= 15 is 0 Å². The number of nitrogens with zero attached hydrogens (tertiary/aromatic N) is 2. The Bertz CT molecular complexity index is 283. The SMILES string of the molecule is O=C(O)CN(CC1CC1)C(=O)N1CCCC1. The van der Waals surface area contributed by atoms with E-state index in [-0.39, 0.29) is 12.6 Å². The highest BCUT2D eigenvalue weighted by Crippen LogP contribution is 2.30. The predicted molar refractivity (Wildman–Crippen MR) is 58.1 cm³/mol. The topological polar surface area (TPSA) is 60.9 Å². The minimum Gasteiger partial charge on any atom is -0.480 e. The lowest BCUT2D eigenvalue weighted by molar-refractivity contribution is -0.137. The van der Waals surface area contributed by atoms with Gasteiger partial charge >= 0.3 is 12.0 Å². The van der Waals surface area contributed by atoms with Crippen molar-refractivity contribution in [2.75, 3.05) is 26.2 Å². The lowest BCUT2D eigenvalue weighted by Crippen LogP contribution is -2.45. The molecule has 16 heavy (non-hydrogen) atoms. The molecule has 5 nitrogen and oxygen atoms in total. The number of hydrogen-bond donors (Lipinski definition) is 1. The number of carbonyl (C=O) groups is 2. The number of rotatable bonds is 4. The van der Waals surface area contributed by atoms with Gasteiger partial charge in [-0.2, -0.15) is 0 Å². The molecule has 90 valence electrons. The van der Waals surface area contributed by atoms with Gasteiger partial charge in [-0.15, -0.1) is 0 Å². The predicted octanol–water partition coefficient (Wildman–Crippen LogP) is 0.999. The second kappa shape index (κ2) is 4.72. The van der Waals surface area contributed by atoms with E-state index in [1.165, 1.54) is 4.90 Å². The molecule has 0 bridgehead atoms. The number of hydrogen-bond acceptors (Lipinski definition) is 2. The zero-order valence-corrected chi connectivity index (χ0v) is 9.39. The minimum atomic E-state index is -0.923. The van der Waals surface area contributed by atoms with Gasteiger partial charge in [-0.25, -0.2) is 4.79 Å². The van der Waals surface area contributed by atoms with Gasteiger partial charge in [0.1, 0.15) is 6.54 Å². The van der Waals surface area contributed by atoms with E-state index in [9.17, 15) is 9.59 Å². The summed E-state index contributed by atoms with van der Waals surface area (Å²) in [6.45, 7) is 2.01. The normalized spacial score (nSPS) is 19.9. The summed E-state index contributed by atoms with van der Waals surface area (Å²) in [5.41, 5.74) is 0. The zero-order chi connectivity index (χ0) is 11.5.